The Hall–Kier alpha value is -2.62. The Morgan fingerprint density at radius 2 is 2.25 bits per heavy atom. The van der Waals surface area contributed by atoms with Gasteiger partial charge in [0.15, 0.2) is 12.4 Å². The average molecular weight is 277 g/mol. The molecule has 0 aliphatic heterocycles. The number of hydrogen-bond acceptors (Lipinski definition) is 5. The van der Waals surface area contributed by atoms with Crippen molar-refractivity contribution in [2.24, 2.45) is 0 Å². The number of nitro benzene ring substituents is 1. The maximum Gasteiger partial charge on any atom is 0.311 e. The Balaban J connectivity index is 2.68. The molecule has 106 valence electrons. The molecule has 1 aromatic rings. The molecule has 7 heteroatoms. The van der Waals surface area contributed by atoms with Gasteiger partial charge in [0.05, 0.1) is 17.4 Å². The summed E-state index contributed by atoms with van der Waals surface area (Å²) in [7, 11) is 1.55. The van der Waals surface area contributed by atoms with Gasteiger partial charge in [-0.25, -0.2) is 0 Å². The second-order valence-corrected chi connectivity index (χ2v) is 4.24. The summed E-state index contributed by atoms with van der Waals surface area (Å²) in [6.07, 6.45) is 0.229. The number of benzene rings is 1. The lowest BCUT2D eigenvalue weighted by atomic mass is 10.2. The Kier molecular flexibility index (Phi) is 5.47. The fraction of sp³-hybridized carbons (Fsp3) is 0.385. The number of nitro groups is 1. The van der Waals surface area contributed by atoms with Crippen molar-refractivity contribution in [1.29, 1.82) is 5.26 Å². The second kappa shape index (κ2) is 7.09. The summed E-state index contributed by atoms with van der Waals surface area (Å²) in [4.78, 5) is 23.4. The van der Waals surface area contributed by atoms with Gasteiger partial charge >= 0.3 is 5.69 Å². The van der Waals surface area contributed by atoms with Gasteiger partial charge in [-0.1, -0.05) is 6.07 Å². The Bertz CT molecular complexity index is 551. The van der Waals surface area contributed by atoms with Crippen molar-refractivity contribution in [1.82, 2.24) is 4.90 Å². The van der Waals surface area contributed by atoms with Crippen molar-refractivity contribution < 1.29 is 14.5 Å². The molecule has 1 aromatic carbocycles. The highest BCUT2D eigenvalue weighted by molar-refractivity contribution is 5.77. The van der Waals surface area contributed by atoms with Crippen LogP contribution in [0.1, 0.15) is 12.0 Å². The standard InChI is InChI=1S/C13H15N3O4/c1-10-4-5-12(11(8-10)16(18)19)20-9-13(17)15(2)7-3-6-14/h4-5,8H,3,7,9H2,1-2H3. The summed E-state index contributed by atoms with van der Waals surface area (Å²) in [6.45, 7) is 1.73. The number of nitriles is 1. The summed E-state index contributed by atoms with van der Waals surface area (Å²) >= 11 is 0. The number of aryl methyl sites for hydroxylation is 1. The van der Waals surface area contributed by atoms with E-state index in [2.05, 4.69) is 0 Å². The Morgan fingerprint density at radius 3 is 2.85 bits per heavy atom. The van der Waals surface area contributed by atoms with Crippen molar-refractivity contribution in [3.63, 3.8) is 0 Å². The molecule has 1 rings (SSSR count). The van der Waals surface area contributed by atoms with E-state index in [1.54, 1.807) is 20.0 Å². The number of ether oxygens (including phenoxy) is 1. The van der Waals surface area contributed by atoms with Crippen LogP contribution in [-0.4, -0.2) is 35.9 Å². The summed E-state index contributed by atoms with van der Waals surface area (Å²) in [5, 5.41) is 19.3. The first kappa shape index (κ1) is 15.4. The molecule has 0 atom stereocenters. The predicted molar refractivity (Wildman–Crippen MR) is 71.2 cm³/mol. The van der Waals surface area contributed by atoms with Crippen LogP contribution in [0.5, 0.6) is 5.75 Å². The number of hydrogen-bond donors (Lipinski definition) is 0. The van der Waals surface area contributed by atoms with Crippen molar-refractivity contribution in [2.45, 2.75) is 13.3 Å². The minimum Gasteiger partial charge on any atom is -0.477 e. The maximum atomic E-state index is 11.7. The smallest absolute Gasteiger partial charge is 0.311 e. The SMILES string of the molecule is Cc1ccc(OCC(=O)N(C)CCC#N)c([N+](=O)[O-])c1. The molecule has 0 unspecified atom stereocenters. The molecule has 0 saturated carbocycles. The van der Waals surface area contributed by atoms with Gasteiger partial charge in [0, 0.05) is 19.7 Å². The Morgan fingerprint density at radius 1 is 1.55 bits per heavy atom. The van der Waals surface area contributed by atoms with E-state index in [-0.39, 0.29) is 30.4 Å². The van der Waals surface area contributed by atoms with Crippen molar-refractivity contribution in [3.8, 4) is 11.8 Å². The third-order valence-corrected chi connectivity index (χ3v) is 2.65. The van der Waals surface area contributed by atoms with Crippen LogP contribution in [0.4, 0.5) is 5.69 Å². The van der Waals surface area contributed by atoms with Crippen LogP contribution in [-0.2, 0) is 4.79 Å². The summed E-state index contributed by atoms with van der Waals surface area (Å²) in [6, 6.07) is 6.46. The lowest BCUT2D eigenvalue weighted by Gasteiger charge is -2.15. The third-order valence-electron chi connectivity index (χ3n) is 2.65. The first-order valence-electron chi connectivity index (χ1n) is 5.94. The molecular weight excluding hydrogens is 262 g/mol. The van der Waals surface area contributed by atoms with Gasteiger partial charge in [-0.05, 0) is 18.6 Å². The molecule has 0 bridgehead atoms. The molecule has 1 amide bonds. The fourth-order valence-electron chi connectivity index (χ4n) is 1.48. The van der Waals surface area contributed by atoms with Crippen molar-refractivity contribution in [3.05, 3.63) is 33.9 Å². The largest absolute Gasteiger partial charge is 0.477 e. The molecule has 20 heavy (non-hydrogen) atoms. The topological polar surface area (TPSA) is 96.5 Å². The normalized spacial score (nSPS) is 9.65. The average Bonchev–Trinajstić information content (AvgIpc) is 2.42. The van der Waals surface area contributed by atoms with Crippen LogP contribution in [0.3, 0.4) is 0 Å². The molecule has 0 aromatic heterocycles. The first-order valence-corrected chi connectivity index (χ1v) is 5.94. The fourth-order valence-corrected chi connectivity index (χ4v) is 1.48. The molecule has 0 aliphatic rings. The van der Waals surface area contributed by atoms with Gasteiger partial charge in [0.1, 0.15) is 0 Å². The van der Waals surface area contributed by atoms with E-state index in [9.17, 15) is 14.9 Å². The Labute approximate surface area is 116 Å². The highest BCUT2D eigenvalue weighted by Gasteiger charge is 2.17. The van der Waals surface area contributed by atoms with E-state index < -0.39 is 4.92 Å². The van der Waals surface area contributed by atoms with Gasteiger partial charge in [-0.2, -0.15) is 5.26 Å². The number of rotatable bonds is 6. The zero-order valence-electron chi connectivity index (χ0n) is 11.3. The van der Waals surface area contributed by atoms with Crippen LogP contribution in [0.15, 0.2) is 18.2 Å². The number of likely N-dealkylation sites (N-methyl/N-ethyl adjacent to an activating group) is 1. The van der Waals surface area contributed by atoms with E-state index in [1.165, 1.54) is 17.0 Å². The van der Waals surface area contributed by atoms with E-state index in [1.807, 2.05) is 6.07 Å². The van der Waals surface area contributed by atoms with Gasteiger partial charge in [0.25, 0.3) is 5.91 Å². The molecule has 0 N–H and O–H groups in total. The van der Waals surface area contributed by atoms with Crippen molar-refractivity contribution >= 4 is 11.6 Å². The van der Waals surface area contributed by atoms with Crippen LogP contribution in [0.2, 0.25) is 0 Å². The third kappa shape index (κ3) is 4.24. The molecular formula is C13H15N3O4. The zero-order chi connectivity index (χ0) is 15.1. The number of carbonyl (C=O) groups is 1. The minimum absolute atomic E-state index is 0.0580. The molecule has 0 saturated heterocycles. The van der Waals surface area contributed by atoms with Gasteiger partial charge in [-0.3, -0.25) is 14.9 Å². The van der Waals surface area contributed by atoms with Gasteiger partial charge in [-0.15, -0.1) is 0 Å². The number of nitrogens with zero attached hydrogens (tertiary/aromatic N) is 3. The quantitative estimate of drug-likeness (QED) is 0.581. The maximum absolute atomic E-state index is 11.7. The second-order valence-electron chi connectivity index (χ2n) is 4.24. The van der Waals surface area contributed by atoms with Crippen LogP contribution >= 0.6 is 0 Å². The highest BCUT2D eigenvalue weighted by atomic mass is 16.6. The van der Waals surface area contributed by atoms with E-state index in [0.717, 1.165) is 5.56 Å². The highest BCUT2D eigenvalue weighted by Crippen LogP contribution is 2.27. The first-order chi connectivity index (χ1) is 9.45. The number of carbonyl (C=O) groups excluding carboxylic acids is 1. The zero-order valence-corrected chi connectivity index (χ0v) is 11.3. The molecule has 7 nitrogen and oxygen atoms in total. The molecule has 0 heterocycles. The van der Waals surface area contributed by atoms with E-state index in [4.69, 9.17) is 10.00 Å². The molecule has 0 aliphatic carbocycles. The van der Waals surface area contributed by atoms with E-state index in [0.29, 0.717) is 6.54 Å². The van der Waals surface area contributed by atoms with E-state index >= 15 is 0 Å². The summed E-state index contributed by atoms with van der Waals surface area (Å²) < 4.78 is 5.20. The molecule has 0 spiro atoms. The summed E-state index contributed by atoms with van der Waals surface area (Å²) in [5.74, 6) is -0.280. The van der Waals surface area contributed by atoms with Gasteiger partial charge in [0.2, 0.25) is 0 Å². The van der Waals surface area contributed by atoms with Crippen LogP contribution < -0.4 is 4.74 Å². The lowest BCUT2D eigenvalue weighted by molar-refractivity contribution is -0.385. The molecule has 0 radical (unpaired) electrons. The predicted octanol–water partition coefficient (Wildman–Crippen LogP) is 1.65. The molecule has 0 fully saturated rings. The van der Waals surface area contributed by atoms with Crippen LogP contribution in [0.25, 0.3) is 0 Å². The number of amides is 1. The monoisotopic (exact) mass is 277 g/mol. The summed E-state index contributed by atoms with van der Waals surface area (Å²) in [5.41, 5.74) is 0.569. The van der Waals surface area contributed by atoms with Crippen molar-refractivity contribution in [2.75, 3.05) is 20.2 Å². The van der Waals surface area contributed by atoms with Gasteiger partial charge < -0.3 is 9.64 Å². The minimum atomic E-state index is -0.549. The van der Waals surface area contributed by atoms with Crippen LogP contribution in [0, 0.1) is 28.4 Å². The lowest BCUT2D eigenvalue weighted by Crippen LogP contribution is -2.32.